The number of rotatable bonds is 5. The third-order valence-electron chi connectivity index (χ3n) is 3.14. The molecule has 7 heteroatoms. The Bertz CT molecular complexity index is 431. The molecule has 2 aliphatic rings. The molecule has 0 bridgehead atoms. The predicted octanol–water partition coefficient (Wildman–Crippen LogP) is -1.78. The van der Waals surface area contributed by atoms with Crippen LogP contribution in [0.2, 0.25) is 0 Å². The molecular formula is C12H19N4O2S+. The number of quaternary nitrogens is 1. The number of hydrogen-bond donors (Lipinski definition) is 2. The molecule has 0 aromatic rings. The van der Waals surface area contributed by atoms with Crippen molar-refractivity contribution in [2.75, 3.05) is 27.2 Å². The van der Waals surface area contributed by atoms with Crippen molar-refractivity contribution >= 4 is 35.4 Å². The summed E-state index contributed by atoms with van der Waals surface area (Å²) < 4.78 is 0. The molecule has 2 amide bonds. The molecule has 0 radical (unpaired) electrons. The average molecular weight is 283 g/mol. The van der Waals surface area contributed by atoms with Crippen LogP contribution < -0.4 is 10.2 Å². The van der Waals surface area contributed by atoms with E-state index in [-0.39, 0.29) is 23.0 Å². The second kappa shape index (κ2) is 5.75. The van der Waals surface area contributed by atoms with Crippen molar-refractivity contribution < 1.29 is 14.5 Å². The van der Waals surface area contributed by atoms with Gasteiger partial charge in [0.05, 0.1) is 27.2 Å². The quantitative estimate of drug-likeness (QED) is 0.356. The number of likely N-dealkylation sites (N-methyl/N-ethyl adjacent to an activating group) is 1. The number of hydrogen-bond acceptors (Lipinski definition) is 4. The van der Waals surface area contributed by atoms with Crippen molar-refractivity contribution in [3.05, 3.63) is 0 Å². The van der Waals surface area contributed by atoms with Crippen LogP contribution in [0.1, 0.15) is 12.8 Å². The van der Waals surface area contributed by atoms with Gasteiger partial charge < -0.3 is 10.2 Å². The number of nitrogens with zero attached hydrogens (tertiary/aromatic N) is 2. The fourth-order valence-corrected chi connectivity index (χ4v) is 2.22. The van der Waals surface area contributed by atoms with Gasteiger partial charge >= 0.3 is 0 Å². The smallest absolute Gasteiger partial charge is 0.247 e. The minimum atomic E-state index is -0.829. The topological polar surface area (TPSA) is 66.2 Å². The summed E-state index contributed by atoms with van der Waals surface area (Å²) in [5, 5.41) is 2.82. The average Bonchev–Trinajstić information content (AvgIpc) is 3.11. The van der Waals surface area contributed by atoms with E-state index in [1.54, 1.807) is 0 Å². The number of carbonyl (C=O) groups excluding carboxylic acids is 2. The SMILES string of the molecule is C[NH+](C)CCN=CC1C(=O)NC(=S)N(C2CC2)C1=O. The van der Waals surface area contributed by atoms with Crippen LogP contribution in [0.15, 0.2) is 4.99 Å². The van der Waals surface area contributed by atoms with E-state index in [0.717, 1.165) is 19.4 Å². The molecule has 2 N–H and O–H groups in total. The van der Waals surface area contributed by atoms with Gasteiger partial charge in [0.15, 0.2) is 11.0 Å². The van der Waals surface area contributed by atoms with E-state index < -0.39 is 5.92 Å². The van der Waals surface area contributed by atoms with E-state index in [1.165, 1.54) is 16.0 Å². The highest BCUT2D eigenvalue weighted by atomic mass is 32.1. The highest BCUT2D eigenvalue weighted by Crippen LogP contribution is 2.29. The van der Waals surface area contributed by atoms with Crippen LogP contribution in [-0.4, -0.2) is 61.3 Å². The molecule has 2 rings (SSSR count). The van der Waals surface area contributed by atoms with Crippen LogP contribution in [0.25, 0.3) is 0 Å². The lowest BCUT2D eigenvalue weighted by Crippen LogP contribution is -3.06. The third-order valence-corrected chi connectivity index (χ3v) is 3.44. The van der Waals surface area contributed by atoms with Gasteiger partial charge in [-0.3, -0.25) is 19.5 Å². The summed E-state index contributed by atoms with van der Waals surface area (Å²) in [6.45, 7) is 1.47. The minimum Gasteiger partial charge on any atom is -0.338 e. The predicted molar refractivity (Wildman–Crippen MR) is 75.1 cm³/mol. The number of nitrogens with one attached hydrogen (secondary N) is 2. The number of aliphatic imine (C=N–C) groups is 1. The van der Waals surface area contributed by atoms with Gasteiger partial charge in [-0.25, -0.2) is 0 Å². The second-order valence-electron chi connectivity index (χ2n) is 5.22. The monoisotopic (exact) mass is 283 g/mol. The molecule has 0 spiro atoms. The van der Waals surface area contributed by atoms with Gasteiger partial charge in [-0.1, -0.05) is 0 Å². The van der Waals surface area contributed by atoms with Gasteiger partial charge in [0.1, 0.15) is 0 Å². The Morgan fingerprint density at radius 3 is 2.74 bits per heavy atom. The Morgan fingerprint density at radius 2 is 2.16 bits per heavy atom. The van der Waals surface area contributed by atoms with Gasteiger partial charge in [0.25, 0.3) is 0 Å². The molecule has 1 atom stereocenters. The van der Waals surface area contributed by atoms with E-state index in [2.05, 4.69) is 10.3 Å². The van der Waals surface area contributed by atoms with E-state index in [4.69, 9.17) is 12.2 Å². The summed E-state index contributed by atoms with van der Waals surface area (Å²) in [6.07, 6.45) is 3.36. The van der Waals surface area contributed by atoms with Crippen molar-refractivity contribution in [3.63, 3.8) is 0 Å². The zero-order chi connectivity index (χ0) is 14.0. The Balaban J connectivity index is 2.00. The molecule has 0 aromatic carbocycles. The highest BCUT2D eigenvalue weighted by molar-refractivity contribution is 7.80. The Hall–Kier alpha value is -1.34. The van der Waals surface area contributed by atoms with E-state index in [1.807, 2.05) is 14.1 Å². The van der Waals surface area contributed by atoms with Crippen LogP contribution in [0.4, 0.5) is 0 Å². The molecule has 6 nitrogen and oxygen atoms in total. The normalized spacial score (nSPS) is 24.5. The first-order valence-corrected chi connectivity index (χ1v) is 6.88. The van der Waals surface area contributed by atoms with Crippen LogP contribution >= 0.6 is 12.2 Å². The maximum atomic E-state index is 12.2. The van der Waals surface area contributed by atoms with Gasteiger partial charge in [0.2, 0.25) is 11.8 Å². The van der Waals surface area contributed by atoms with Crippen LogP contribution in [0.5, 0.6) is 0 Å². The van der Waals surface area contributed by atoms with Crippen molar-refractivity contribution in [2.45, 2.75) is 18.9 Å². The summed E-state index contributed by atoms with van der Waals surface area (Å²) in [6, 6.07) is 0.169. The van der Waals surface area contributed by atoms with Gasteiger partial charge in [0, 0.05) is 12.3 Å². The first-order valence-electron chi connectivity index (χ1n) is 6.47. The lowest BCUT2D eigenvalue weighted by atomic mass is 10.1. The van der Waals surface area contributed by atoms with E-state index in [9.17, 15) is 9.59 Å². The molecular weight excluding hydrogens is 264 g/mol. The first-order chi connectivity index (χ1) is 9.00. The number of thiocarbonyl (C=S) groups is 1. The lowest BCUT2D eigenvalue weighted by Gasteiger charge is -2.30. The van der Waals surface area contributed by atoms with E-state index >= 15 is 0 Å². The number of amides is 2. The van der Waals surface area contributed by atoms with E-state index in [0.29, 0.717) is 6.54 Å². The number of carbonyl (C=O) groups is 2. The van der Waals surface area contributed by atoms with Crippen LogP contribution in [-0.2, 0) is 9.59 Å². The van der Waals surface area contributed by atoms with Crippen molar-refractivity contribution in [2.24, 2.45) is 10.9 Å². The highest BCUT2D eigenvalue weighted by Gasteiger charge is 2.44. The summed E-state index contributed by atoms with van der Waals surface area (Å²) in [5.41, 5.74) is 0. The van der Waals surface area contributed by atoms with Gasteiger partial charge in [-0.05, 0) is 25.1 Å². The minimum absolute atomic E-state index is 0.169. The van der Waals surface area contributed by atoms with Crippen molar-refractivity contribution in [1.29, 1.82) is 0 Å². The van der Waals surface area contributed by atoms with Gasteiger partial charge in [-0.15, -0.1) is 0 Å². The molecule has 1 aliphatic carbocycles. The molecule has 1 aliphatic heterocycles. The second-order valence-corrected chi connectivity index (χ2v) is 5.61. The largest absolute Gasteiger partial charge is 0.338 e. The first kappa shape index (κ1) is 14.1. The summed E-state index contributed by atoms with van der Waals surface area (Å²) in [7, 11) is 4.06. The van der Waals surface area contributed by atoms with Gasteiger partial charge in [-0.2, -0.15) is 0 Å². The zero-order valence-corrected chi connectivity index (χ0v) is 12.0. The summed E-state index contributed by atoms with van der Waals surface area (Å²) in [4.78, 5) is 31.0. The molecule has 0 aromatic heterocycles. The Kier molecular flexibility index (Phi) is 4.26. The summed E-state index contributed by atoms with van der Waals surface area (Å²) >= 11 is 5.05. The van der Waals surface area contributed by atoms with Crippen molar-refractivity contribution in [1.82, 2.24) is 10.2 Å². The zero-order valence-electron chi connectivity index (χ0n) is 11.2. The molecule has 1 unspecified atom stereocenters. The molecule has 1 heterocycles. The Morgan fingerprint density at radius 1 is 1.47 bits per heavy atom. The van der Waals surface area contributed by atoms with Crippen LogP contribution in [0, 0.1) is 5.92 Å². The lowest BCUT2D eigenvalue weighted by molar-refractivity contribution is -0.856. The third kappa shape index (κ3) is 3.36. The molecule has 2 fully saturated rings. The molecule has 104 valence electrons. The fraction of sp³-hybridized carbons (Fsp3) is 0.667. The molecule has 19 heavy (non-hydrogen) atoms. The standard InChI is InChI=1S/C12H18N4O2S/c1-15(2)6-5-13-7-9-10(17)14-12(19)16(11(9)18)8-3-4-8/h7-9H,3-6H2,1-2H3,(H,14,17,19)/p+1. The van der Waals surface area contributed by atoms with Crippen LogP contribution in [0.3, 0.4) is 0 Å². The molecule has 1 saturated heterocycles. The molecule has 1 saturated carbocycles. The van der Waals surface area contributed by atoms with Crippen molar-refractivity contribution in [3.8, 4) is 0 Å². The Labute approximate surface area is 117 Å². The maximum absolute atomic E-state index is 12.2. The fourth-order valence-electron chi connectivity index (χ4n) is 1.88. The maximum Gasteiger partial charge on any atom is 0.247 e. The summed E-state index contributed by atoms with van der Waals surface area (Å²) in [5.74, 6) is -1.44.